The largest absolute Gasteiger partial charge is 0.501 e. The first-order valence-corrected chi connectivity index (χ1v) is 7.55. The number of carbonyl (C=O) groups excluding carboxylic acids is 1. The fourth-order valence-electron chi connectivity index (χ4n) is 1.62. The van der Waals surface area contributed by atoms with E-state index in [1.165, 1.54) is 12.4 Å². The first-order chi connectivity index (χ1) is 11.5. The van der Waals surface area contributed by atoms with E-state index in [-0.39, 0.29) is 18.0 Å². The summed E-state index contributed by atoms with van der Waals surface area (Å²) < 4.78 is 10.6. The van der Waals surface area contributed by atoms with E-state index in [4.69, 9.17) is 15.2 Å². The number of ether oxygens (including phenoxy) is 2. The summed E-state index contributed by atoms with van der Waals surface area (Å²) in [6.07, 6.45) is 7.09. The number of nitrogens with one attached hydrogen (secondary N) is 2. The molecule has 0 radical (unpaired) electrons. The van der Waals surface area contributed by atoms with Crippen molar-refractivity contribution >= 4 is 11.9 Å². The maximum atomic E-state index is 12.1. The molecule has 0 aliphatic rings. The van der Waals surface area contributed by atoms with E-state index in [1.54, 1.807) is 26.5 Å². The number of methoxy groups -OCH3 is 1. The van der Waals surface area contributed by atoms with Crippen LogP contribution in [-0.2, 0) is 9.47 Å². The molecule has 1 heterocycles. The summed E-state index contributed by atoms with van der Waals surface area (Å²) in [4.78, 5) is 19.7. The highest BCUT2D eigenvalue weighted by atomic mass is 16.5. The Hall–Kier alpha value is -2.61. The van der Waals surface area contributed by atoms with Gasteiger partial charge in [0.05, 0.1) is 24.5 Å². The minimum atomic E-state index is -0.335. The predicted octanol–water partition coefficient (Wildman–Crippen LogP) is 1.19. The smallest absolute Gasteiger partial charge is 0.259 e. The van der Waals surface area contributed by atoms with Crippen LogP contribution in [0.2, 0.25) is 0 Å². The number of nitrogen functional groups attached to an aromatic ring is 1. The van der Waals surface area contributed by atoms with Crippen LogP contribution in [0.5, 0.6) is 0 Å². The second-order valence-electron chi connectivity index (χ2n) is 5.16. The molecule has 1 rings (SSSR count). The topological polar surface area (TPSA) is 111 Å². The number of nitrogens with two attached hydrogens (primary N) is 1. The number of anilines is 1. The fourth-order valence-corrected chi connectivity index (χ4v) is 1.62. The van der Waals surface area contributed by atoms with Gasteiger partial charge in [-0.1, -0.05) is 0 Å². The molecule has 0 fully saturated rings. The van der Waals surface area contributed by atoms with Crippen molar-refractivity contribution in [2.45, 2.75) is 26.4 Å². The van der Waals surface area contributed by atoms with Gasteiger partial charge >= 0.3 is 0 Å². The third-order valence-corrected chi connectivity index (χ3v) is 3.14. The van der Waals surface area contributed by atoms with Crippen LogP contribution in [0, 0.1) is 0 Å². The van der Waals surface area contributed by atoms with E-state index >= 15 is 0 Å². The number of nitrogens with zero attached hydrogens (tertiary/aromatic N) is 2. The highest BCUT2D eigenvalue weighted by Gasteiger charge is 2.08. The monoisotopic (exact) mass is 335 g/mol. The van der Waals surface area contributed by atoms with Crippen LogP contribution < -0.4 is 16.4 Å². The molecule has 0 aromatic carbocycles. The van der Waals surface area contributed by atoms with Crippen molar-refractivity contribution < 1.29 is 14.3 Å². The molecule has 132 valence electrons. The van der Waals surface area contributed by atoms with Gasteiger partial charge in [-0.3, -0.25) is 4.79 Å². The molecule has 0 saturated heterocycles. The van der Waals surface area contributed by atoms with Crippen molar-refractivity contribution in [2.24, 2.45) is 0 Å². The Bertz CT molecular complexity index is 584. The van der Waals surface area contributed by atoms with Crippen molar-refractivity contribution in [1.82, 2.24) is 20.6 Å². The third-order valence-electron chi connectivity index (χ3n) is 3.14. The zero-order chi connectivity index (χ0) is 17.9. The fraction of sp³-hybridized carbons (Fsp3) is 0.438. The molecule has 1 aromatic rings. The molecule has 0 aliphatic carbocycles. The van der Waals surface area contributed by atoms with Gasteiger partial charge in [0.1, 0.15) is 5.82 Å². The van der Waals surface area contributed by atoms with Crippen LogP contribution in [0.1, 0.15) is 30.6 Å². The Morgan fingerprint density at radius 3 is 2.67 bits per heavy atom. The van der Waals surface area contributed by atoms with Gasteiger partial charge in [0.25, 0.3) is 5.91 Å². The number of amides is 1. The maximum absolute atomic E-state index is 12.1. The zero-order valence-electron chi connectivity index (χ0n) is 14.5. The van der Waals surface area contributed by atoms with Gasteiger partial charge < -0.3 is 25.8 Å². The SMILES string of the molecule is CN/C(=C\C(C)=C/OCCC(C)OC)NC(=O)c1cnc(N)nc1. The Morgan fingerprint density at radius 2 is 2.08 bits per heavy atom. The Labute approximate surface area is 142 Å². The summed E-state index contributed by atoms with van der Waals surface area (Å²) in [5, 5.41) is 5.64. The zero-order valence-corrected chi connectivity index (χ0v) is 14.5. The van der Waals surface area contributed by atoms with E-state index in [0.29, 0.717) is 18.0 Å². The summed E-state index contributed by atoms with van der Waals surface area (Å²) >= 11 is 0. The molecule has 8 nitrogen and oxygen atoms in total. The molecule has 0 saturated carbocycles. The van der Waals surface area contributed by atoms with Crippen LogP contribution >= 0.6 is 0 Å². The Balaban J connectivity index is 2.58. The summed E-state index contributed by atoms with van der Waals surface area (Å²) in [5.74, 6) is 0.312. The quantitative estimate of drug-likeness (QED) is 0.353. The minimum absolute atomic E-state index is 0.120. The van der Waals surface area contributed by atoms with Gasteiger partial charge in [-0.05, 0) is 25.5 Å². The van der Waals surface area contributed by atoms with E-state index in [9.17, 15) is 4.79 Å². The second kappa shape index (κ2) is 10.2. The first kappa shape index (κ1) is 19.4. The van der Waals surface area contributed by atoms with Gasteiger partial charge in [0.15, 0.2) is 0 Å². The molecule has 8 heteroatoms. The van der Waals surface area contributed by atoms with Crippen LogP contribution in [0.15, 0.2) is 36.1 Å². The Morgan fingerprint density at radius 1 is 1.42 bits per heavy atom. The number of rotatable bonds is 9. The summed E-state index contributed by atoms with van der Waals surface area (Å²) in [7, 11) is 3.38. The second-order valence-corrected chi connectivity index (χ2v) is 5.16. The lowest BCUT2D eigenvalue weighted by molar-refractivity contribution is 0.0873. The number of aromatic nitrogens is 2. The molecule has 1 atom stereocenters. The molecule has 1 amide bonds. The highest BCUT2D eigenvalue weighted by Crippen LogP contribution is 2.03. The third kappa shape index (κ3) is 7.10. The number of hydrogen-bond acceptors (Lipinski definition) is 7. The molecule has 1 aromatic heterocycles. The van der Waals surface area contributed by atoms with E-state index in [1.807, 2.05) is 13.8 Å². The molecular formula is C16H25N5O3. The van der Waals surface area contributed by atoms with Crippen molar-refractivity contribution in [3.63, 3.8) is 0 Å². The lowest BCUT2D eigenvalue weighted by Gasteiger charge is -2.10. The Kier molecular flexibility index (Phi) is 8.28. The normalized spacial score (nSPS) is 13.3. The minimum Gasteiger partial charge on any atom is -0.501 e. The lowest BCUT2D eigenvalue weighted by Crippen LogP contribution is -2.30. The van der Waals surface area contributed by atoms with Crippen LogP contribution in [-0.4, -0.2) is 42.7 Å². The molecular weight excluding hydrogens is 310 g/mol. The van der Waals surface area contributed by atoms with Crippen molar-refractivity contribution in [3.05, 3.63) is 41.7 Å². The average molecular weight is 335 g/mol. The van der Waals surface area contributed by atoms with Crippen LogP contribution in [0.25, 0.3) is 0 Å². The highest BCUT2D eigenvalue weighted by molar-refractivity contribution is 5.94. The van der Waals surface area contributed by atoms with E-state index < -0.39 is 0 Å². The van der Waals surface area contributed by atoms with Crippen molar-refractivity contribution in [3.8, 4) is 0 Å². The number of carbonyl (C=O) groups is 1. The molecule has 0 bridgehead atoms. The van der Waals surface area contributed by atoms with Gasteiger partial charge in [0.2, 0.25) is 5.95 Å². The molecule has 4 N–H and O–H groups in total. The van der Waals surface area contributed by atoms with Gasteiger partial charge in [-0.2, -0.15) is 0 Å². The van der Waals surface area contributed by atoms with E-state index in [0.717, 1.165) is 12.0 Å². The molecule has 1 unspecified atom stereocenters. The van der Waals surface area contributed by atoms with E-state index in [2.05, 4.69) is 20.6 Å². The van der Waals surface area contributed by atoms with Crippen molar-refractivity contribution in [1.29, 1.82) is 0 Å². The number of allylic oxidation sites excluding steroid dienone is 2. The lowest BCUT2D eigenvalue weighted by atomic mass is 10.3. The van der Waals surface area contributed by atoms with Gasteiger partial charge in [0, 0.05) is 33.0 Å². The molecule has 0 aliphatic heterocycles. The average Bonchev–Trinajstić information content (AvgIpc) is 2.58. The van der Waals surface area contributed by atoms with Crippen molar-refractivity contribution in [2.75, 3.05) is 26.5 Å². The maximum Gasteiger partial charge on any atom is 0.259 e. The van der Waals surface area contributed by atoms with Crippen LogP contribution in [0.3, 0.4) is 0 Å². The summed E-state index contributed by atoms with van der Waals surface area (Å²) in [6.45, 7) is 4.41. The van der Waals surface area contributed by atoms with Gasteiger partial charge in [-0.15, -0.1) is 0 Å². The summed E-state index contributed by atoms with van der Waals surface area (Å²) in [6, 6.07) is 0. The molecule has 24 heavy (non-hydrogen) atoms. The number of hydrogen-bond donors (Lipinski definition) is 3. The standard InChI is InChI=1S/C16H25N5O3/c1-11(10-24-6-5-12(2)23-4)7-14(18-3)21-15(22)13-8-19-16(17)20-9-13/h7-10,12,18H,5-6H2,1-4H3,(H,21,22)(H2,17,19,20)/b11-10-,14-7+. The first-order valence-electron chi connectivity index (χ1n) is 7.55. The van der Waals surface area contributed by atoms with Crippen LogP contribution in [0.4, 0.5) is 5.95 Å². The summed E-state index contributed by atoms with van der Waals surface area (Å²) in [5.41, 5.74) is 6.56. The predicted molar refractivity (Wildman–Crippen MR) is 91.9 cm³/mol. The van der Waals surface area contributed by atoms with Gasteiger partial charge in [-0.25, -0.2) is 9.97 Å². The molecule has 0 spiro atoms.